The number of piperidine rings is 4. The van der Waals surface area contributed by atoms with E-state index in [2.05, 4.69) is 141 Å². The van der Waals surface area contributed by atoms with Crippen molar-refractivity contribution in [3.05, 3.63) is 109 Å². The van der Waals surface area contributed by atoms with E-state index in [4.69, 9.17) is 41.0 Å². The molecule has 14 heterocycles. The first kappa shape index (κ1) is 98.8. The SMILES string of the molecule is C.CCc1cnc(N2CCC(COc3ccc(N4CCN(SOOC)CC4)nc3)CC2)nc1.CCc1cnc(N2CCC(COc3ccc(N4CCN(SOOC)CC4)nc3)CC2)nc1.COOSN1CCN(c2ccc(OCC3CCN(C(=O)OC(C)(C)C)CC3)cn2)CC1.COOSN1CCN(c2ccc(OCC3CCNCC3)cn2)CC1.[B][B]. The first-order valence-corrected chi connectivity index (χ1v) is 45.0. The lowest BCUT2D eigenvalue weighted by molar-refractivity contribution is -0.163. The van der Waals surface area contributed by atoms with Crippen molar-refractivity contribution in [3.63, 3.8) is 0 Å². The van der Waals surface area contributed by atoms with Crippen LogP contribution in [0.5, 0.6) is 23.0 Å². The average Bonchev–Trinajstić information content (AvgIpc) is 0.874. The van der Waals surface area contributed by atoms with Gasteiger partial charge in [-0.25, -0.2) is 81.4 Å². The number of hydrogen-bond acceptors (Lipinski definition) is 37. The molecule has 4 radical (unpaired) electrons. The van der Waals surface area contributed by atoms with Gasteiger partial charge in [-0.15, -0.1) is 17.3 Å². The number of likely N-dealkylation sites (tertiary alicyclic amines) is 1. The van der Waals surface area contributed by atoms with E-state index in [1.54, 1.807) is 11.1 Å². The van der Waals surface area contributed by atoms with Crippen LogP contribution in [-0.2, 0) is 54.5 Å². The predicted molar refractivity (Wildman–Crippen MR) is 484 cm³/mol. The smallest absolute Gasteiger partial charge is 0.410 e. The minimum Gasteiger partial charge on any atom is -0.492 e. The Bertz CT molecular complexity index is 3620. The van der Waals surface area contributed by atoms with Gasteiger partial charge in [-0.1, -0.05) is 21.3 Å². The maximum Gasteiger partial charge on any atom is 0.410 e. The van der Waals surface area contributed by atoms with Gasteiger partial charge in [0.15, 0.2) is 0 Å². The topological polar surface area (TPSA) is 288 Å². The van der Waals surface area contributed by atoms with E-state index in [-0.39, 0.29) is 13.5 Å². The molecule has 8 fully saturated rings. The number of aromatic nitrogens is 8. The van der Waals surface area contributed by atoms with Gasteiger partial charge in [-0.3, -0.25) is 0 Å². The summed E-state index contributed by atoms with van der Waals surface area (Å²) in [5.74, 6) is 11.1. The molecule has 1 N–H and O–H groups in total. The van der Waals surface area contributed by atoms with Crippen LogP contribution in [0.2, 0.25) is 0 Å². The van der Waals surface area contributed by atoms with Gasteiger partial charge in [0, 0.05) is 184 Å². The number of pyridine rings is 4. The normalized spacial score (nSPS) is 18.4. The van der Waals surface area contributed by atoms with Gasteiger partial charge in [-0.05, 0) is 181 Å². The number of piperazine rings is 4. The highest BCUT2D eigenvalue weighted by atomic mass is 32.2. The van der Waals surface area contributed by atoms with Gasteiger partial charge >= 0.3 is 6.09 Å². The fourth-order valence-corrected chi connectivity index (χ4v) is 16.2. The summed E-state index contributed by atoms with van der Waals surface area (Å²) in [6.07, 6.45) is 25.3. The van der Waals surface area contributed by atoms with Crippen LogP contribution in [0.3, 0.4) is 0 Å². The maximum atomic E-state index is 12.2. The highest BCUT2D eigenvalue weighted by molar-refractivity contribution is 7.92. The molecule has 0 aliphatic carbocycles. The zero-order chi connectivity index (χ0) is 85.2. The Morgan fingerprint density at radius 3 is 0.869 bits per heavy atom. The van der Waals surface area contributed by atoms with E-state index in [1.807, 2.05) is 113 Å². The Hall–Kier alpha value is -6.96. The molecule has 0 spiro atoms. The van der Waals surface area contributed by atoms with Crippen LogP contribution in [0.4, 0.5) is 40.0 Å². The number of anilines is 6. The van der Waals surface area contributed by atoms with Crippen molar-refractivity contribution in [3.8, 4) is 23.0 Å². The number of nitrogens with zero attached hydrogens (tertiary/aromatic N) is 19. The summed E-state index contributed by atoms with van der Waals surface area (Å²) in [6.45, 7) is 34.6. The Balaban J connectivity index is 0.000000184. The molecule has 8 aliphatic heterocycles. The molecular formula is C82H128B2N20O14S4. The number of rotatable bonds is 32. The molecule has 0 unspecified atom stereocenters. The molecule has 122 heavy (non-hydrogen) atoms. The van der Waals surface area contributed by atoms with E-state index in [9.17, 15) is 4.79 Å². The summed E-state index contributed by atoms with van der Waals surface area (Å²) in [6, 6.07) is 16.2. The minimum absolute atomic E-state index is 0. The average molecular weight is 1770 g/mol. The van der Waals surface area contributed by atoms with Crippen LogP contribution >= 0.6 is 48.9 Å². The van der Waals surface area contributed by atoms with Crippen LogP contribution < -0.4 is 53.7 Å². The third kappa shape index (κ3) is 34.1. The predicted octanol–water partition coefficient (Wildman–Crippen LogP) is 11.0. The molecule has 6 aromatic rings. The standard InChI is InChI=1S/2C22H32N6O3S.C21H34N4O5S.C16H26N4O3S.CH4.B2/c2*1-3-18-14-24-22(25-15-18)27-8-6-19(7-9-27)17-30-20-4-5-21(23-16-20)26-10-12-28(13-11-26)32-31-29-2;1-21(2,3)29-20(26)24-9-7-17(8-10-24)16-28-18-5-6-19(22-15-18)23-11-13-25(14-12-23)31-30-27-4;1-21-23-24-20-10-8-19(9-11-20)16-3-2-15(12-18-16)22-13-14-4-6-17-7-5-14;;1-2/h2*4-5,14-16,19H,3,6-13,17H2,1-2H3;5-6,15,17H,7-14,16H2,1-4H3;2-3,12,14,17H,4-11,13H2,1H3;1H4;. The number of amides is 1. The monoisotopic (exact) mass is 1770 g/mol. The number of carbonyl (C=O) groups excluding carboxylic acids is 1. The van der Waals surface area contributed by atoms with E-state index in [0.717, 1.165) is 273 Å². The van der Waals surface area contributed by atoms with E-state index in [1.165, 1.54) is 101 Å². The quantitative estimate of drug-likeness (QED) is 0.0135. The number of aryl methyl sites for hydroxylation is 2. The summed E-state index contributed by atoms with van der Waals surface area (Å²) in [5.41, 5.74) is 1.89. The lowest BCUT2D eigenvalue weighted by Crippen LogP contribution is -2.43. The second kappa shape index (κ2) is 54.8. The summed E-state index contributed by atoms with van der Waals surface area (Å²) in [7, 11) is 14.0. The summed E-state index contributed by atoms with van der Waals surface area (Å²) in [4.78, 5) is 82.5. The number of hydrogen-bond donors (Lipinski definition) is 1. The zero-order valence-electron chi connectivity index (χ0n) is 71.9. The van der Waals surface area contributed by atoms with Gasteiger partial charge < -0.3 is 63.3 Å². The molecule has 34 nitrogen and oxygen atoms in total. The van der Waals surface area contributed by atoms with Crippen molar-refractivity contribution in [1.82, 2.24) is 67.3 Å². The van der Waals surface area contributed by atoms with Crippen LogP contribution in [0.25, 0.3) is 0 Å². The van der Waals surface area contributed by atoms with Gasteiger partial charge in [-0.2, -0.15) is 0 Å². The molecule has 1 amide bonds. The van der Waals surface area contributed by atoms with Crippen molar-refractivity contribution in [2.45, 2.75) is 112 Å². The third-order valence-corrected chi connectivity index (χ3v) is 24.7. The highest BCUT2D eigenvalue weighted by Crippen LogP contribution is 2.31. The molecule has 8 saturated heterocycles. The molecule has 670 valence electrons. The first-order chi connectivity index (χ1) is 59.2. The number of carbonyl (C=O) groups is 1. The Morgan fingerprint density at radius 1 is 0.369 bits per heavy atom. The van der Waals surface area contributed by atoms with E-state index in [0.29, 0.717) is 43.4 Å². The van der Waals surface area contributed by atoms with Gasteiger partial charge in [0.25, 0.3) is 0 Å². The van der Waals surface area contributed by atoms with E-state index < -0.39 is 5.60 Å². The van der Waals surface area contributed by atoms with Crippen LogP contribution in [0.1, 0.15) is 105 Å². The fraction of sp³-hybridized carbons (Fsp3) is 0.646. The lowest BCUT2D eigenvalue weighted by atomic mass is 9.81. The zero-order valence-corrected chi connectivity index (χ0v) is 75.2. The van der Waals surface area contributed by atoms with Crippen LogP contribution in [0.15, 0.2) is 98.1 Å². The molecule has 40 heteroatoms. The lowest BCUT2D eigenvalue weighted by Gasteiger charge is -2.33. The summed E-state index contributed by atoms with van der Waals surface area (Å²) < 4.78 is 57.6. The van der Waals surface area contributed by atoms with Crippen molar-refractivity contribution < 1.29 is 65.4 Å². The molecule has 14 rings (SSSR count). The fourth-order valence-electron chi connectivity index (χ4n) is 14.3. The Kier molecular flexibility index (Phi) is 44.4. The largest absolute Gasteiger partial charge is 0.492 e. The Labute approximate surface area is 743 Å². The molecule has 0 atom stereocenters. The van der Waals surface area contributed by atoms with Gasteiger partial charge in [0.2, 0.25) is 11.9 Å². The highest BCUT2D eigenvalue weighted by Gasteiger charge is 2.30. The second-order valence-corrected chi connectivity index (χ2v) is 34.2. The summed E-state index contributed by atoms with van der Waals surface area (Å²) >= 11 is 5.00. The molecule has 8 aliphatic rings. The molecule has 6 aromatic heterocycles. The molecule has 0 aromatic carbocycles. The Morgan fingerprint density at radius 2 is 0.631 bits per heavy atom. The van der Waals surface area contributed by atoms with Gasteiger partial charge in [0.05, 0.1) is 79.7 Å². The van der Waals surface area contributed by atoms with Crippen molar-refractivity contribution in [2.75, 3.05) is 241 Å². The second-order valence-electron chi connectivity index (χ2n) is 31.0. The third-order valence-electron chi connectivity index (χ3n) is 21.6. The van der Waals surface area contributed by atoms with Crippen molar-refractivity contribution >= 4 is 106 Å². The van der Waals surface area contributed by atoms with Crippen LogP contribution in [0, 0.1) is 23.7 Å². The van der Waals surface area contributed by atoms with Crippen molar-refractivity contribution in [2.24, 2.45) is 23.7 Å². The van der Waals surface area contributed by atoms with Gasteiger partial charge in [0.1, 0.15) is 101 Å². The minimum atomic E-state index is -0.457. The first-order valence-electron chi connectivity index (χ1n) is 42.2. The van der Waals surface area contributed by atoms with Crippen LogP contribution in [-0.4, -0.2) is 301 Å². The maximum absolute atomic E-state index is 12.2. The summed E-state index contributed by atoms with van der Waals surface area (Å²) in [5, 5.41) is 3.38. The molecule has 0 bridgehead atoms. The van der Waals surface area contributed by atoms with Crippen molar-refractivity contribution in [1.29, 1.82) is 0 Å². The number of nitrogens with one attached hydrogen (secondary N) is 1. The van der Waals surface area contributed by atoms with E-state index >= 15 is 0 Å². The molecule has 0 saturated carbocycles. The number of ether oxygens (including phenoxy) is 5. The molecular weight excluding hydrogens is 1640 g/mol.